The molecular formula is C18H19N3O. The molecule has 0 atom stereocenters. The molecule has 0 amide bonds. The monoisotopic (exact) mass is 293 g/mol. The molecule has 0 unspecified atom stereocenters. The molecule has 0 radical (unpaired) electrons. The number of nitrogens with zero attached hydrogens (tertiary/aromatic N) is 2. The summed E-state index contributed by atoms with van der Waals surface area (Å²) in [6.45, 7) is 5.99. The molecule has 4 nitrogen and oxygen atoms in total. The quantitative estimate of drug-likeness (QED) is 0.769. The van der Waals surface area contributed by atoms with Crippen LogP contribution >= 0.6 is 0 Å². The first-order chi connectivity index (χ1) is 10.5. The zero-order valence-corrected chi connectivity index (χ0v) is 13.0. The summed E-state index contributed by atoms with van der Waals surface area (Å²) in [5.41, 5.74) is 2.26. The number of hydrogen-bond donors (Lipinski definition) is 1. The molecule has 4 heteroatoms. The molecule has 0 aliphatic rings. The lowest BCUT2D eigenvalue weighted by Crippen LogP contribution is -2.24. The van der Waals surface area contributed by atoms with E-state index in [1.807, 2.05) is 75.4 Å². The predicted octanol–water partition coefficient (Wildman–Crippen LogP) is 4.55. The lowest BCUT2D eigenvalue weighted by Gasteiger charge is -2.22. The van der Waals surface area contributed by atoms with Crippen molar-refractivity contribution >= 4 is 22.5 Å². The van der Waals surface area contributed by atoms with Crippen molar-refractivity contribution in [3.8, 4) is 5.88 Å². The standard InChI is InChI=1S/C18H19N3O/c1-18(2,3)22-17-16(19-13-9-5-4-6-10-13)20-14-11-7-8-12-15(14)21-17/h4-12H,1-3H3,(H,19,20). The highest BCUT2D eigenvalue weighted by atomic mass is 16.5. The Bertz CT molecular complexity index is 779. The maximum atomic E-state index is 5.98. The molecule has 0 aliphatic carbocycles. The van der Waals surface area contributed by atoms with Gasteiger partial charge in [0.1, 0.15) is 5.60 Å². The van der Waals surface area contributed by atoms with Crippen molar-refractivity contribution in [3.05, 3.63) is 54.6 Å². The van der Waals surface area contributed by atoms with Gasteiger partial charge in [0.25, 0.3) is 5.88 Å². The summed E-state index contributed by atoms with van der Waals surface area (Å²) >= 11 is 0. The van der Waals surface area contributed by atoms with E-state index in [2.05, 4.69) is 15.3 Å². The molecule has 0 bridgehead atoms. The van der Waals surface area contributed by atoms with Crippen LogP contribution in [0.4, 0.5) is 11.5 Å². The lowest BCUT2D eigenvalue weighted by atomic mass is 10.2. The van der Waals surface area contributed by atoms with Gasteiger partial charge in [-0.05, 0) is 45.0 Å². The number of benzene rings is 2. The van der Waals surface area contributed by atoms with Gasteiger partial charge in [-0.3, -0.25) is 0 Å². The molecule has 1 aromatic heterocycles. The minimum atomic E-state index is -0.343. The van der Waals surface area contributed by atoms with Gasteiger partial charge in [-0.15, -0.1) is 0 Å². The number of aromatic nitrogens is 2. The number of rotatable bonds is 3. The average molecular weight is 293 g/mol. The van der Waals surface area contributed by atoms with Gasteiger partial charge >= 0.3 is 0 Å². The van der Waals surface area contributed by atoms with Crippen LogP contribution in [0.25, 0.3) is 11.0 Å². The van der Waals surface area contributed by atoms with E-state index in [0.29, 0.717) is 11.7 Å². The SMILES string of the molecule is CC(C)(C)Oc1nc2ccccc2nc1Nc1ccccc1. The van der Waals surface area contributed by atoms with E-state index in [0.717, 1.165) is 16.7 Å². The molecule has 0 fully saturated rings. The molecule has 1 N–H and O–H groups in total. The summed E-state index contributed by atoms with van der Waals surface area (Å²) in [4.78, 5) is 9.27. The van der Waals surface area contributed by atoms with Crippen LogP contribution in [0, 0.1) is 0 Å². The second kappa shape index (κ2) is 5.64. The molecule has 3 rings (SSSR count). The Hall–Kier alpha value is -2.62. The molecule has 22 heavy (non-hydrogen) atoms. The van der Waals surface area contributed by atoms with E-state index in [4.69, 9.17) is 4.74 Å². The smallest absolute Gasteiger partial charge is 0.258 e. The first kappa shape index (κ1) is 14.3. The van der Waals surface area contributed by atoms with Crippen LogP contribution in [0.1, 0.15) is 20.8 Å². The number of anilines is 2. The van der Waals surface area contributed by atoms with E-state index in [1.165, 1.54) is 0 Å². The molecule has 0 aliphatic heterocycles. The van der Waals surface area contributed by atoms with E-state index < -0.39 is 0 Å². The Morgan fingerprint density at radius 3 is 2.05 bits per heavy atom. The van der Waals surface area contributed by atoms with Gasteiger partial charge in [-0.1, -0.05) is 30.3 Å². The van der Waals surface area contributed by atoms with Crippen molar-refractivity contribution in [1.29, 1.82) is 0 Å². The second-order valence-electron chi connectivity index (χ2n) is 6.07. The fourth-order valence-corrected chi connectivity index (χ4v) is 2.08. The third-order valence-corrected chi connectivity index (χ3v) is 2.98. The largest absolute Gasteiger partial charge is 0.469 e. The van der Waals surface area contributed by atoms with Gasteiger partial charge in [0.2, 0.25) is 0 Å². The summed E-state index contributed by atoms with van der Waals surface area (Å²) in [5, 5.41) is 3.29. The number of fused-ring (bicyclic) bond motifs is 1. The zero-order chi connectivity index (χ0) is 15.6. The van der Waals surface area contributed by atoms with E-state index in [-0.39, 0.29) is 5.60 Å². The van der Waals surface area contributed by atoms with E-state index >= 15 is 0 Å². The summed E-state index contributed by atoms with van der Waals surface area (Å²) in [6.07, 6.45) is 0. The Morgan fingerprint density at radius 1 is 0.818 bits per heavy atom. The summed E-state index contributed by atoms with van der Waals surface area (Å²) < 4.78 is 5.98. The summed E-state index contributed by atoms with van der Waals surface area (Å²) in [7, 11) is 0. The molecule has 0 saturated heterocycles. The Labute approximate surface area is 130 Å². The van der Waals surface area contributed by atoms with Crippen molar-refractivity contribution < 1.29 is 4.74 Å². The minimum Gasteiger partial charge on any atom is -0.469 e. The van der Waals surface area contributed by atoms with Crippen molar-refractivity contribution in [2.24, 2.45) is 0 Å². The van der Waals surface area contributed by atoms with E-state index in [9.17, 15) is 0 Å². The zero-order valence-electron chi connectivity index (χ0n) is 13.0. The van der Waals surface area contributed by atoms with Crippen LogP contribution in [0.15, 0.2) is 54.6 Å². The average Bonchev–Trinajstić information content (AvgIpc) is 2.47. The van der Waals surface area contributed by atoms with Crippen LogP contribution in [-0.4, -0.2) is 15.6 Å². The van der Waals surface area contributed by atoms with Crippen LogP contribution in [0.5, 0.6) is 5.88 Å². The highest BCUT2D eigenvalue weighted by molar-refractivity contribution is 5.78. The minimum absolute atomic E-state index is 0.343. The topological polar surface area (TPSA) is 47.0 Å². The number of hydrogen-bond acceptors (Lipinski definition) is 4. The van der Waals surface area contributed by atoms with Crippen LogP contribution in [0.2, 0.25) is 0 Å². The van der Waals surface area contributed by atoms with Gasteiger partial charge in [0, 0.05) is 5.69 Å². The normalized spacial score (nSPS) is 11.4. The van der Waals surface area contributed by atoms with Crippen molar-refractivity contribution in [3.63, 3.8) is 0 Å². The van der Waals surface area contributed by atoms with Crippen molar-refractivity contribution in [1.82, 2.24) is 9.97 Å². The molecular weight excluding hydrogens is 274 g/mol. The van der Waals surface area contributed by atoms with Crippen LogP contribution in [0.3, 0.4) is 0 Å². The second-order valence-corrected chi connectivity index (χ2v) is 6.07. The molecule has 0 saturated carbocycles. The molecule has 112 valence electrons. The first-order valence-corrected chi connectivity index (χ1v) is 7.29. The highest BCUT2D eigenvalue weighted by Crippen LogP contribution is 2.29. The van der Waals surface area contributed by atoms with Gasteiger partial charge in [-0.2, -0.15) is 0 Å². The maximum absolute atomic E-state index is 5.98. The van der Waals surface area contributed by atoms with Crippen LogP contribution < -0.4 is 10.1 Å². The van der Waals surface area contributed by atoms with Gasteiger partial charge < -0.3 is 10.1 Å². The fraction of sp³-hybridized carbons (Fsp3) is 0.222. The predicted molar refractivity (Wildman–Crippen MR) is 89.6 cm³/mol. The number of para-hydroxylation sites is 3. The Morgan fingerprint density at radius 2 is 1.41 bits per heavy atom. The van der Waals surface area contributed by atoms with Crippen molar-refractivity contribution in [2.45, 2.75) is 26.4 Å². The first-order valence-electron chi connectivity index (χ1n) is 7.29. The lowest BCUT2D eigenvalue weighted by molar-refractivity contribution is 0.125. The molecule has 0 spiro atoms. The van der Waals surface area contributed by atoms with Crippen molar-refractivity contribution in [2.75, 3.05) is 5.32 Å². The van der Waals surface area contributed by atoms with Gasteiger partial charge in [-0.25, -0.2) is 9.97 Å². The summed E-state index contributed by atoms with van der Waals surface area (Å²) in [5.74, 6) is 1.13. The molecule has 2 aromatic carbocycles. The number of ether oxygens (including phenoxy) is 1. The summed E-state index contributed by atoms with van der Waals surface area (Å²) in [6, 6.07) is 17.7. The third-order valence-electron chi connectivity index (χ3n) is 2.98. The Kier molecular flexibility index (Phi) is 3.67. The van der Waals surface area contributed by atoms with Crippen LogP contribution in [-0.2, 0) is 0 Å². The van der Waals surface area contributed by atoms with E-state index in [1.54, 1.807) is 0 Å². The van der Waals surface area contributed by atoms with Gasteiger partial charge in [0.15, 0.2) is 5.82 Å². The third kappa shape index (κ3) is 3.34. The highest BCUT2D eigenvalue weighted by Gasteiger charge is 2.18. The number of nitrogens with one attached hydrogen (secondary N) is 1. The molecule has 3 aromatic rings. The van der Waals surface area contributed by atoms with Gasteiger partial charge in [0.05, 0.1) is 11.0 Å². The molecule has 1 heterocycles. The maximum Gasteiger partial charge on any atom is 0.258 e. The Balaban J connectivity index is 2.06. The fourth-order valence-electron chi connectivity index (χ4n) is 2.08.